The van der Waals surface area contributed by atoms with Crippen molar-refractivity contribution in [3.05, 3.63) is 95.1 Å². The smallest absolute Gasteiger partial charge is 0.335 e. The first-order valence-electron chi connectivity index (χ1n) is 10.8. The average molecular weight is 470 g/mol. The van der Waals surface area contributed by atoms with E-state index in [-0.39, 0.29) is 30.3 Å². The molecule has 0 radical (unpaired) electrons. The van der Waals surface area contributed by atoms with Gasteiger partial charge in [0.2, 0.25) is 5.91 Å². The Morgan fingerprint density at radius 3 is 2.34 bits per heavy atom. The van der Waals surface area contributed by atoms with E-state index in [1.54, 1.807) is 30.3 Å². The van der Waals surface area contributed by atoms with Crippen molar-refractivity contribution in [1.82, 2.24) is 5.32 Å². The third kappa shape index (κ3) is 5.19. The van der Waals surface area contributed by atoms with Crippen molar-refractivity contribution >= 4 is 46.3 Å². The van der Waals surface area contributed by atoms with Crippen LogP contribution in [0.1, 0.15) is 38.3 Å². The van der Waals surface area contributed by atoms with E-state index < -0.39 is 11.9 Å². The van der Waals surface area contributed by atoms with E-state index in [1.165, 1.54) is 12.1 Å². The van der Waals surface area contributed by atoms with Gasteiger partial charge < -0.3 is 26.8 Å². The molecule has 3 amide bonds. The number of hydrogen-bond acceptors (Lipinski definition) is 5. The van der Waals surface area contributed by atoms with Crippen LogP contribution in [-0.4, -0.2) is 35.3 Å². The Hall–Kier alpha value is -4.92. The molecule has 0 saturated carbocycles. The second-order valence-electron chi connectivity index (χ2n) is 7.81. The van der Waals surface area contributed by atoms with E-state index in [2.05, 4.69) is 16.0 Å². The predicted molar refractivity (Wildman–Crippen MR) is 131 cm³/mol. The number of nitrogens with two attached hydrogens (primary N) is 1. The van der Waals surface area contributed by atoms with Gasteiger partial charge in [0.05, 0.1) is 22.5 Å². The Balaban J connectivity index is 1.72. The quantitative estimate of drug-likeness (QED) is 0.319. The second kappa shape index (κ2) is 9.92. The fourth-order valence-electron chi connectivity index (χ4n) is 3.72. The SMILES string of the molecule is NC(=O)CCNC(=O)c1cccc(N/C(=C2\C(=O)Nc3cc(C(=O)O)ccc32)c2ccccc2)c1. The van der Waals surface area contributed by atoms with Gasteiger partial charge >= 0.3 is 5.97 Å². The van der Waals surface area contributed by atoms with Gasteiger partial charge in [0.25, 0.3) is 11.8 Å². The van der Waals surface area contributed by atoms with Gasteiger partial charge in [0, 0.05) is 29.8 Å². The Labute approximate surface area is 200 Å². The zero-order valence-electron chi connectivity index (χ0n) is 18.5. The first-order valence-corrected chi connectivity index (χ1v) is 10.8. The highest BCUT2D eigenvalue weighted by atomic mass is 16.4. The van der Waals surface area contributed by atoms with E-state index in [0.29, 0.717) is 33.8 Å². The van der Waals surface area contributed by atoms with Crippen molar-refractivity contribution in [3.63, 3.8) is 0 Å². The number of carboxylic acids is 1. The summed E-state index contributed by atoms with van der Waals surface area (Å²) in [6, 6.07) is 20.4. The predicted octanol–water partition coefficient (Wildman–Crippen LogP) is 2.92. The molecule has 9 heteroatoms. The van der Waals surface area contributed by atoms with Gasteiger partial charge in [-0.3, -0.25) is 14.4 Å². The lowest BCUT2D eigenvalue weighted by Gasteiger charge is -2.15. The molecular weight excluding hydrogens is 448 g/mol. The molecule has 0 atom stereocenters. The number of anilines is 2. The fourth-order valence-corrected chi connectivity index (χ4v) is 3.72. The number of carboxylic acid groups (broad SMARTS) is 1. The molecule has 0 aromatic heterocycles. The van der Waals surface area contributed by atoms with Crippen LogP contribution in [0.25, 0.3) is 11.3 Å². The standard InChI is InChI=1S/C26H22N4O5/c27-21(31)11-12-28-24(32)16-7-4-8-18(13-16)29-23(15-5-2-1-3-6-15)22-19-10-9-17(26(34)35)14-20(19)30-25(22)33/h1-10,13-14,29H,11-12H2,(H2,27,31)(H,28,32)(H,30,33)(H,34,35)/b23-22-. The van der Waals surface area contributed by atoms with Gasteiger partial charge in [-0.15, -0.1) is 0 Å². The minimum absolute atomic E-state index is 0.0338. The van der Waals surface area contributed by atoms with Gasteiger partial charge in [-0.2, -0.15) is 0 Å². The molecule has 4 rings (SSSR count). The Bertz CT molecular complexity index is 1370. The van der Waals surface area contributed by atoms with Crippen LogP contribution < -0.4 is 21.7 Å². The van der Waals surface area contributed by atoms with Gasteiger partial charge in [-0.25, -0.2) is 4.79 Å². The maximum atomic E-state index is 13.0. The average Bonchev–Trinajstić information content (AvgIpc) is 3.17. The topological polar surface area (TPSA) is 151 Å². The van der Waals surface area contributed by atoms with Crippen LogP contribution in [0.4, 0.5) is 11.4 Å². The molecule has 6 N–H and O–H groups in total. The van der Waals surface area contributed by atoms with Crippen LogP contribution in [-0.2, 0) is 9.59 Å². The molecular formula is C26H22N4O5. The summed E-state index contributed by atoms with van der Waals surface area (Å²) in [5.41, 5.74) is 8.63. The van der Waals surface area contributed by atoms with Crippen molar-refractivity contribution in [2.75, 3.05) is 17.2 Å². The fraction of sp³-hybridized carbons (Fsp3) is 0.0769. The molecule has 0 fully saturated rings. The van der Waals surface area contributed by atoms with Gasteiger partial charge in [-0.05, 0) is 35.9 Å². The summed E-state index contributed by atoms with van der Waals surface area (Å²) < 4.78 is 0. The van der Waals surface area contributed by atoms with Crippen molar-refractivity contribution < 1.29 is 24.3 Å². The second-order valence-corrected chi connectivity index (χ2v) is 7.81. The summed E-state index contributed by atoms with van der Waals surface area (Å²) in [4.78, 5) is 47.8. The van der Waals surface area contributed by atoms with Crippen LogP contribution in [0.3, 0.4) is 0 Å². The number of carbonyl (C=O) groups is 4. The largest absolute Gasteiger partial charge is 0.478 e. The molecule has 0 spiro atoms. The lowest BCUT2D eigenvalue weighted by atomic mass is 9.99. The number of aromatic carboxylic acids is 1. The zero-order chi connectivity index (χ0) is 24.9. The van der Waals surface area contributed by atoms with Crippen LogP contribution in [0, 0.1) is 0 Å². The minimum atomic E-state index is -1.09. The molecule has 1 aliphatic rings. The molecule has 3 aromatic carbocycles. The maximum Gasteiger partial charge on any atom is 0.335 e. The molecule has 0 saturated heterocycles. The van der Waals surface area contributed by atoms with Crippen LogP contribution in [0.2, 0.25) is 0 Å². The third-order valence-electron chi connectivity index (χ3n) is 5.37. The van der Waals surface area contributed by atoms with E-state index >= 15 is 0 Å². The van der Waals surface area contributed by atoms with Gasteiger partial charge in [-0.1, -0.05) is 42.5 Å². The molecule has 0 bridgehead atoms. The highest BCUT2D eigenvalue weighted by Crippen LogP contribution is 2.38. The number of hydrogen-bond donors (Lipinski definition) is 5. The van der Waals surface area contributed by atoms with Crippen molar-refractivity contribution in [2.24, 2.45) is 5.73 Å². The van der Waals surface area contributed by atoms with Crippen molar-refractivity contribution in [3.8, 4) is 0 Å². The molecule has 1 heterocycles. The minimum Gasteiger partial charge on any atom is -0.478 e. The number of fused-ring (bicyclic) bond motifs is 1. The number of rotatable bonds is 8. The zero-order valence-corrected chi connectivity index (χ0v) is 18.5. The summed E-state index contributed by atoms with van der Waals surface area (Å²) in [6.45, 7) is 0.125. The van der Waals surface area contributed by atoms with E-state index in [4.69, 9.17) is 5.73 Å². The van der Waals surface area contributed by atoms with Gasteiger partial charge in [0.1, 0.15) is 0 Å². The molecule has 9 nitrogen and oxygen atoms in total. The molecule has 1 aliphatic heterocycles. The number of primary amides is 1. The highest BCUT2D eigenvalue weighted by molar-refractivity contribution is 6.37. The lowest BCUT2D eigenvalue weighted by Crippen LogP contribution is -2.27. The first kappa shape index (κ1) is 23.2. The lowest BCUT2D eigenvalue weighted by molar-refractivity contribution is -0.117. The molecule has 0 unspecified atom stereocenters. The van der Waals surface area contributed by atoms with E-state index in [1.807, 2.05) is 30.3 Å². The summed E-state index contributed by atoms with van der Waals surface area (Å²) in [5, 5.41) is 17.9. The van der Waals surface area contributed by atoms with Crippen LogP contribution >= 0.6 is 0 Å². The molecule has 0 aliphatic carbocycles. The number of benzene rings is 3. The van der Waals surface area contributed by atoms with Crippen molar-refractivity contribution in [1.29, 1.82) is 0 Å². The molecule has 3 aromatic rings. The maximum absolute atomic E-state index is 13.0. The Morgan fingerprint density at radius 1 is 0.886 bits per heavy atom. The highest BCUT2D eigenvalue weighted by Gasteiger charge is 2.29. The monoisotopic (exact) mass is 470 g/mol. The van der Waals surface area contributed by atoms with E-state index in [9.17, 15) is 24.3 Å². The molecule has 176 valence electrons. The normalized spacial score (nSPS) is 13.4. The van der Waals surface area contributed by atoms with Gasteiger partial charge in [0.15, 0.2) is 0 Å². The molecule has 35 heavy (non-hydrogen) atoms. The summed E-state index contributed by atoms with van der Waals surface area (Å²) in [6.07, 6.45) is 0.0338. The Morgan fingerprint density at radius 2 is 1.63 bits per heavy atom. The van der Waals surface area contributed by atoms with Crippen molar-refractivity contribution in [2.45, 2.75) is 6.42 Å². The van der Waals surface area contributed by atoms with Crippen LogP contribution in [0.5, 0.6) is 0 Å². The number of nitrogens with one attached hydrogen (secondary N) is 3. The number of carbonyl (C=O) groups excluding carboxylic acids is 3. The summed E-state index contributed by atoms with van der Waals surface area (Å²) in [7, 11) is 0. The third-order valence-corrected chi connectivity index (χ3v) is 5.37. The number of amides is 3. The first-order chi connectivity index (χ1) is 16.8. The van der Waals surface area contributed by atoms with Crippen LogP contribution in [0.15, 0.2) is 72.8 Å². The summed E-state index contributed by atoms with van der Waals surface area (Å²) >= 11 is 0. The van der Waals surface area contributed by atoms with E-state index in [0.717, 1.165) is 5.56 Å². The summed E-state index contributed by atoms with van der Waals surface area (Å²) in [5.74, 6) is -2.35. The Kier molecular flexibility index (Phi) is 6.59.